The second-order valence-corrected chi connectivity index (χ2v) is 4.07. The Morgan fingerprint density at radius 3 is 2.60 bits per heavy atom. The number of ether oxygens (including phenoxy) is 1. The summed E-state index contributed by atoms with van der Waals surface area (Å²) in [5.74, 6) is 0. The first-order chi connectivity index (χ1) is 4.70. The maximum absolute atomic E-state index is 10.6. The second kappa shape index (κ2) is 5.33. The van der Waals surface area contributed by atoms with Crippen molar-refractivity contribution in [2.45, 2.75) is 6.92 Å². The number of methoxy groups -OCH3 is 1. The fraction of sp³-hybridized carbons (Fsp3) is 0.400. The first-order valence-corrected chi connectivity index (χ1v) is 4.83. The molecule has 58 valence electrons. The van der Waals surface area contributed by atoms with Gasteiger partial charge in [-0.1, -0.05) is 0 Å². The van der Waals surface area contributed by atoms with Crippen LogP contribution in [0.4, 0.5) is 9.59 Å². The van der Waals surface area contributed by atoms with Gasteiger partial charge in [0, 0.05) is 0 Å². The topological polar surface area (TPSA) is 55.4 Å². The largest absolute Gasteiger partial charge is 0.453 e. The molecule has 0 aliphatic carbocycles. The fourth-order valence-electron chi connectivity index (χ4n) is 0.258. The van der Waals surface area contributed by atoms with Crippen LogP contribution in [0.1, 0.15) is 6.92 Å². The highest BCUT2D eigenvalue weighted by molar-refractivity contribution is 14.2. The number of amides is 2. The smallest absolute Gasteiger partial charge is 0.414 e. The molecule has 10 heavy (non-hydrogen) atoms. The zero-order valence-corrected chi connectivity index (χ0v) is 7.84. The Balaban J connectivity index is 3.68. The highest BCUT2D eigenvalue weighted by atomic mass is 127. The third-order valence-corrected chi connectivity index (χ3v) is 2.05. The van der Waals surface area contributed by atoms with E-state index in [9.17, 15) is 9.59 Å². The number of carbonyl (C=O) groups is 2. The van der Waals surface area contributed by atoms with Crippen LogP contribution in [0.3, 0.4) is 0 Å². The molecule has 0 heterocycles. The van der Waals surface area contributed by atoms with Gasteiger partial charge < -0.3 is 4.74 Å². The van der Waals surface area contributed by atoms with Crippen molar-refractivity contribution in [3.05, 3.63) is 0 Å². The van der Waals surface area contributed by atoms with Crippen LogP contribution in [0.5, 0.6) is 0 Å². The molecule has 0 aliphatic rings. The molecule has 5 heteroatoms. The number of nitrogens with one attached hydrogen (secondary N) is 1. The van der Waals surface area contributed by atoms with Crippen molar-refractivity contribution < 1.29 is 14.3 Å². The van der Waals surface area contributed by atoms with Crippen molar-refractivity contribution >= 4 is 34.7 Å². The van der Waals surface area contributed by atoms with Crippen LogP contribution in [0.25, 0.3) is 0 Å². The molecule has 0 aromatic carbocycles. The Labute approximate surface area is 68.7 Å². The maximum atomic E-state index is 10.6. The zero-order chi connectivity index (χ0) is 7.98. The van der Waals surface area contributed by atoms with Gasteiger partial charge in [-0.2, -0.15) is 0 Å². The van der Waals surface area contributed by atoms with Crippen molar-refractivity contribution in [3.63, 3.8) is 0 Å². The fourth-order valence-corrected chi connectivity index (χ4v) is 1.20. The first kappa shape index (κ1) is 9.54. The van der Waals surface area contributed by atoms with Crippen LogP contribution in [0.15, 0.2) is 0 Å². The molecule has 0 aromatic heterocycles. The van der Waals surface area contributed by atoms with Gasteiger partial charge >= 0.3 is 6.09 Å². The summed E-state index contributed by atoms with van der Waals surface area (Å²) in [7, 11) is 1.22. The average Bonchev–Trinajstić information content (AvgIpc) is 1.88. The number of hydrogen-bond acceptors (Lipinski definition) is 3. The summed E-state index contributed by atoms with van der Waals surface area (Å²) in [6.07, 6.45) is -0.688. The molecule has 0 radical (unpaired) electrons. The van der Waals surface area contributed by atoms with E-state index in [0.29, 0.717) is 0 Å². The zero-order valence-electron chi connectivity index (χ0n) is 5.68. The van der Waals surface area contributed by atoms with Gasteiger partial charge in [-0.25, -0.2) is 4.79 Å². The van der Waals surface area contributed by atoms with Gasteiger partial charge in [0.1, 0.15) is 0 Å². The summed E-state index contributed by atoms with van der Waals surface area (Å²) in [5.41, 5.74) is 0. The summed E-state index contributed by atoms with van der Waals surface area (Å²) >= 11 is -0.650. The van der Waals surface area contributed by atoms with Gasteiger partial charge in [0.25, 0.3) is 3.91 Å². The predicted molar refractivity (Wildman–Crippen MR) is 46.7 cm³/mol. The summed E-state index contributed by atoms with van der Waals surface area (Å²) < 4.78 is 5.72. The van der Waals surface area contributed by atoms with E-state index in [1.807, 2.05) is 5.32 Å². The van der Waals surface area contributed by atoms with E-state index >= 15 is 0 Å². The van der Waals surface area contributed by atoms with Crippen LogP contribution in [-0.4, -0.2) is 21.1 Å². The Bertz CT molecular complexity index is 166. The molecule has 2 amide bonds. The van der Waals surface area contributed by atoms with Gasteiger partial charge in [0.05, 0.1) is 7.11 Å². The molecule has 0 saturated carbocycles. The minimum Gasteiger partial charge on any atom is -0.453 e. The highest BCUT2D eigenvalue weighted by Crippen LogP contribution is 1.94. The van der Waals surface area contributed by atoms with Gasteiger partial charge in [-0.15, -0.1) is 0 Å². The molecule has 0 aliphatic heterocycles. The molecular weight excluding hydrogens is 249 g/mol. The summed E-state index contributed by atoms with van der Waals surface area (Å²) in [6.45, 7) is 1.78. The van der Waals surface area contributed by atoms with Crippen LogP contribution in [0, 0.1) is 0 Å². The lowest BCUT2D eigenvalue weighted by atomic mass is 11.0. The number of rotatable bonds is 1. The molecule has 4 nitrogen and oxygen atoms in total. The molecule has 0 saturated heterocycles. The third-order valence-electron chi connectivity index (χ3n) is 0.594. The van der Waals surface area contributed by atoms with Gasteiger partial charge in [-0.05, 0) is 31.7 Å². The SMILES string of the molecule is CC=IC(=O)NC(=O)OC. The van der Waals surface area contributed by atoms with E-state index in [1.165, 1.54) is 7.11 Å². The number of imide groups is 1. The molecule has 0 atom stereocenters. The molecule has 0 bridgehead atoms. The first-order valence-electron chi connectivity index (χ1n) is 2.51. The Kier molecular flexibility index (Phi) is 5.09. The minimum atomic E-state index is -0.688. The van der Waals surface area contributed by atoms with Crippen molar-refractivity contribution in [1.29, 1.82) is 0 Å². The van der Waals surface area contributed by atoms with Crippen LogP contribution in [0.2, 0.25) is 0 Å². The molecule has 0 aromatic rings. The van der Waals surface area contributed by atoms with E-state index in [4.69, 9.17) is 0 Å². The normalized spacial score (nSPS) is 10.2. The maximum Gasteiger partial charge on any atom is 0.414 e. The van der Waals surface area contributed by atoms with Crippen molar-refractivity contribution in [1.82, 2.24) is 5.32 Å². The highest BCUT2D eigenvalue weighted by Gasteiger charge is 2.01. The van der Waals surface area contributed by atoms with Crippen molar-refractivity contribution in [3.8, 4) is 0 Å². The standard InChI is InChI=1S/C5H8INO3/c1-3-6-4(8)7-5(9)10-2/h3H,1-2H3,(H,7,8,9). The van der Waals surface area contributed by atoms with Crippen LogP contribution in [-0.2, 0) is 4.74 Å². The predicted octanol–water partition coefficient (Wildman–Crippen LogP) is 1.26. The number of halogens is 1. The van der Waals surface area contributed by atoms with Crippen molar-refractivity contribution in [2.75, 3.05) is 7.11 Å². The van der Waals surface area contributed by atoms with Crippen molar-refractivity contribution in [2.24, 2.45) is 0 Å². The number of alkyl carbamates (subject to hydrolysis) is 1. The lowest BCUT2D eigenvalue weighted by Gasteiger charge is -1.95. The summed E-state index contributed by atoms with van der Waals surface area (Å²) in [5, 5.41) is 2.05. The summed E-state index contributed by atoms with van der Waals surface area (Å²) in [6, 6.07) is 0. The van der Waals surface area contributed by atoms with Gasteiger partial charge in [0.15, 0.2) is 0 Å². The van der Waals surface area contributed by atoms with E-state index < -0.39 is 26.8 Å². The lowest BCUT2D eigenvalue weighted by molar-refractivity contribution is 0.173. The monoisotopic (exact) mass is 257 g/mol. The van der Waals surface area contributed by atoms with E-state index in [1.54, 1.807) is 10.9 Å². The quantitative estimate of drug-likeness (QED) is 0.437. The second-order valence-electron chi connectivity index (χ2n) is 1.22. The molecule has 0 fully saturated rings. The summed E-state index contributed by atoms with van der Waals surface area (Å²) in [4.78, 5) is 21.0. The molecule has 0 rings (SSSR count). The number of carbonyl (C=O) groups excluding carboxylic acids is 2. The van der Waals surface area contributed by atoms with E-state index in [2.05, 4.69) is 4.74 Å². The van der Waals surface area contributed by atoms with Gasteiger partial charge in [-0.3, -0.25) is 10.1 Å². The Morgan fingerprint density at radius 1 is 1.60 bits per heavy atom. The van der Waals surface area contributed by atoms with E-state index in [-0.39, 0.29) is 3.91 Å². The van der Waals surface area contributed by atoms with Crippen LogP contribution < -0.4 is 5.32 Å². The molecule has 0 spiro atoms. The number of hydrogen-bond donors (Lipinski definition) is 1. The molecule has 1 N–H and O–H groups in total. The lowest BCUT2D eigenvalue weighted by Crippen LogP contribution is -2.25. The van der Waals surface area contributed by atoms with E-state index in [0.717, 1.165) is 0 Å². The minimum absolute atomic E-state index is 0.242. The average molecular weight is 257 g/mol. The molecular formula is C5H8INO3. The molecule has 0 unspecified atom stereocenters. The Hall–Kier alpha value is -0.460. The van der Waals surface area contributed by atoms with Crippen LogP contribution >= 0.6 is 20.7 Å². The van der Waals surface area contributed by atoms with Gasteiger partial charge in [0.2, 0.25) is 0 Å². The Morgan fingerprint density at radius 2 is 2.20 bits per heavy atom. The third kappa shape index (κ3) is 4.42.